The van der Waals surface area contributed by atoms with Gasteiger partial charge in [0.05, 0.1) is 12.2 Å². The number of carbonyl (C=O) groups is 2. The van der Waals surface area contributed by atoms with Crippen LogP contribution in [0.3, 0.4) is 0 Å². The summed E-state index contributed by atoms with van der Waals surface area (Å²) in [6.45, 7) is 6.00. The summed E-state index contributed by atoms with van der Waals surface area (Å²) >= 11 is 4.75. The van der Waals surface area contributed by atoms with Crippen molar-refractivity contribution in [3.63, 3.8) is 0 Å². The molecule has 2 aromatic rings. The second-order valence-electron chi connectivity index (χ2n) is 4.88. The molecule has 1 heterocycles. The summed E-state index contributed by atoms with van der Waals surface area (Å²) in [5.74, 6) is -0.640. The fourth-order valence-corrected chi connectivity index (χ4v) is 3.84. The zero-order chi connectivity index (χ0) is 17.0. The Hall–Kier alpha value is -1.66. The van der Waals surface area contributed by atoms with Crippen molar-refractivity contribution in [1.29, 1.82) is 0 Å². The molecule has 0 radical (unpaired) electrons. The van der Waals surface area contributed by atoms with E-state index < -0.39 is 5.97 Å². The first-order chi connectivity index (χ1) is 11.0. The van der Waals surface area contributed by atoms with E-state index in [0.717, 1.165) is 14.9 Å². The van der Waals surface area contributed by atoms with E-state index in [2.05, 4.69) is 21.2 Å². The number of hydrogen-bond acceptors (Lipinski definition) is 4. The van der Waals surface area contributed by atoms with Crippen LogP contribution in [0.1, 0.15) is 45.0 Å². The first-order valence-corrected chi connectivity index (χ1v) is 8.95. The van der Waals surface area contributed by atoms with Crippen LogP contribution in [-0.2, 0) is 11.2 Å². The fourth-order valence-electron chi connectivity index (χ4n) is 2.32. The molecule has 0 saturated heterocycles. The quantitative estimate of drug-likeness (QED) is 0.738. The predicted octanol–water partition coefficient (Wildman–Crippen LogP) is 4.81. The SMILES string of the molecule is CCOC(=O)c1c(NC(=O)c2cccc(Br)c2)sc(C)c1CC. The number of nitrogens with one attached hydrogen (secondary N) is 1. The summed E-state index contributed by atoms with van der Waals surface area (Å²) < 4.78 is 5.97. The number of esters is 1. The van der Waals surface area contributed by atoms with Gasteiger partial charge in [0.2, 0.25) is 0 Å². The largest absolute Gasteiger partial charge is 0.462 e. The Morgan fingerprint density at radius 3 is 2.65 bits per heavy atom. The Labute approximate surface area is 148 Å². The molecule has 0 aliphatic carbocycles. The Bertz CT molecular complexity index is 739. The molecule has 1 aromatic carbocycles. The maximum atomic E-state index is 12.4. The topological polar surface area (TPSA) is 55.4 Å². The van der Waals surface area contributed by atoms with Gasteiger partial charge >= 0.3 is 5.97 Å². The lowest BCUT2D eigenvalue weighted by atomic mass is 10.1. The van der Waals surface area contributed by atoms with E-state index in [0.29, 0.717) is 29.2 Å². The lowest BCUT2D eigenvalue weighted by Crippen LogP contribution is -2.15. The van der Waals surface area contributed by atoms with Crippen molar-refractivity contribution in [3.05, 3.63) is 50.3 Å². The van der Waals surface area contributed by atoms with Crippen molar-refractivity contribution in [3.8, 4) is 0 Å². The molecular weight excluding hydrogens is 378 g/mol. The molecule has 0 fully saturated rings. The first kappa shape index (κ1) is 17.7. The average molecular weight is 396 g/mol. The van der Waals surface area contributed by atoms with Gasteiger partial charge in [-0.25, -0.2) is 4.79 Å². The third-order valence-corrected chi connectivity index (χ3v) is 4.91. The second-order valence-corrected chi connectivity index (χ2v) is 7.02. The number of aryl methyl sites for hydroxylation is 1. The van der Waals surface area contributed by atoms with E-state index in [4.69, 9.17) is 4.74 Å². The number of thiophene rings is 1. The molecule has 0 unspecified atom stereocenters. The van der Waals surface area contributed by atoms with Gasteiger partial charge in [-0.2, -0.15) is 0 Å². The Morgan fingerprint density at radius 1 is 1.30 bits per heavy atom. The molecule has 6 heteroatoms. The van der Waals surface area contributed by atoms with Gasteiger partial charge in [-0.3, -0.25) is 4.79 Å². The standard InChI is InChI=1S/C17H18BrNO3S/c1-4-13-10(3)23-16(14(13)17(21)22-5-2)19-15(20)11-7-6-8-12(18)9-11/h6-9H,4-5H2,1-3H3,(H,19,20). The number of hydrogen-bond donors (Lipinski definition) is 1. The molecule has 0 atom stereocenters. The monoisotopic (exact) mass is 395 g/mol. The number of carbonyl (C=O) groups excluding carboxylic acids is 2. The molecule has 0 saturated carbocycles. The van der Waals surface area contributed by atoms with Gasteiger partial charge < -0.3 is 10.1 Å². The van der Waals surface area contributed by atoms with Crippen molar-refractivity contribution >= 4 is 44.1 Å². The van der Waals surface area contributed by atoms with E-state index in [9.17, 15) is 9.59 Å². The van der Waals surface area contributed by atoms with Crippen molar-refractivity contribution in [2.24, 2.45) is 0 Å². The van der Waals surface area contributed by atoms with Crippen molar-refractivity contribution < 1.29 is 14.3 Å². The van der Waals surface area contributed by atoms with Crippen LogP contribution in [0.5, 0.6) is 0 Å². The van der Waals surface area contributed by atoms with Crippen molar-refractivity contribution in [2.75, 3.05) is 11.9 Å². The second kappa shape index (κ2) is 7.75. The lowest BCUT2D eigenvalue weighted by Gasteiger charge is -2.08. The van der Waals surface area contributed by atoms with E-state index >= 15 is 0 Å². The normalized spacial score (nSPS) is 10.4. The highest BCUT2D eigenvalue weighted by molar-refractivity contribution is 9.10. The summed E-state index contributed by atoms with van der Waals surface area (Å²) in [5, 5.41) is 3.39. The molecular formula is C17H18BrNO3S. The molecule has 122 valence electrons. The van der Waals surface area contributed by atoms with E-state index in [-0.39, 0.29) is 5.91 Å². The van der Waals surface area contributed by atoms with Crippen LogP contribution in [0, 0.1) is 6.92 Å². The lowest BCUT2D eigenvalue weighted by molar-refractivity contribution is 0.0527. The molecule has 2 rings (SSSR count). The summed E-state index contributed by atoms with van der Waals surface area (Å²) in [5.41, 5.74) is 1.93. The van der Waals surface area contributed by atoms with Gasteiger partial charge in [0.25, 0.3) is 5.91 Å². The van der Waals surface area contributed by atoms with Crippen LogP contribution in [0.4, 0.5) is 5.00 Å². The molecule has 4 nitrogen and oxygen atoms in total. The number of benzene rings is 1. The number of halogens is 1. The third kappa shape index (κ3) is 4.00. The van der Waals surface area contributed by atoms with Crippen molar-refractivity contribution in [1.82, 2.24) is 0 Å². The Balaban J connectivity index is 2.36. The van der Waals surface area contributed by atoms with Gasteiger partial charge in [0.1, 0.15) is 5.00 Å². The number of rotatable bonds is 5. The maximum absolute atomic E-state index is 12.4. The van der Waals surface area contributed by atoms with Crippen LogP contribution < -0.4 is 5.32 Å². The van der Waals surface area contributed by atoms with Gasteiger partial charge in [-0.15, -0.1) is 11.3 Å². The highest BCUT2D eigenvalue weighted by Crippen LogP contribution is 2.34. The average Bonchev–Trinajstić information content (AvgIpc) is 2.82. The predicted molar refractivity (Wildman–Crippen MR) is 96.5 cm³/mol. The molecule has 0 spiro atoms. The van der Waals surface area contributed by atoms with Gasteiger partial charge in [0, 0.05) is 14.9 Å². The molecule has 0 aliphatic rings. The highest BCUT2D eigenvalue weighted by atomic mass is 79.9. The zero-order valence-corrected chi connectivity index (χ0v) is 15.6. The summed E-state index contributed by atoms with van der Waals surface area (Å²) in [4.78, 5) is 25.7. The summed E-state index contributed by atoms with van der Waals surface area (Å²) in [7, 11) is 0. The van der Waals surface area contributed by atoms with Crippen LogP contribution >= 0.6 is 27.3 Å². The molecule has 1 N–H and O–H groups in total. The third-order valence-electron chi connectivity index (χ3n) is 3.36. The van der Waals surface area contributed by atoms with Crippen LogP contribution in [0.25, 0.3) is 0 Å². The minimum atomic E-state index is -0.391. The van der Waals surface area contributed by atoms with E-state index in [1.807, 2.05) is 19.9 Å². The van der Waals surface area contributed by atoms with E-state index in [1.165, 1.54) is 11.3 Å². The Morgan fingerprint density at radius 2 is 2.04 bits per heavy atom. The molecule has 1 amide bonds. The fraction of sp³-hybridized carbons (Fsp3) is 0.294. The maximum Gasteiger partial charge on any atom is 0.341 e. The minimum absolute atomic E-state index is 0.249. The minimum Gasteiger partial charge on any atom is -0.462 e. The van der Waals surface area contributed by atoms with Gasteiger partial charge in [0.15, 0.2) is 0 Å². The molecule has 0 aliphatic heterocycles. The Kier molecular flexibility index (Phi) is 5.96. The summed E-state index contributed by atoms with van der Waals surface area (Å²) in [6.07, 6.45) is 0.712. The van der Waals surface area contributed by atoms with Crippen molar-refractivity contribution in [2.45, 2.75) is 27.2 Å². The van der Waals surface area contributed by atoms with Gasteiger partial charge in [-0.05, 0) is 44.0 Å². The number of anilines is 1. The molecule has 0 bridgehead atoms. The van der Waals surface area contributed by atoms with Crippen LogP contribution in [0.2, 0.25) is 0 Å². The van der Waals surface area contributed by atoms with Crippen LogP contribution in [0.15, 0.2) is 28.7 Å². The molecule has 1 aromatic heterocycles. The smallest absolute Gasteiger partial charge is 0.341 e. The number of amides is 1. The number of ether oxygens (including phenoxy) is 1. The van der Waals surface area contributed by atoms with E-state index in [1.54, 1.807) is 25.1 Å². The van der Waals surface area contributed by atoms with Gasteiger partial charge in [-0.1, -0.05) is 28.9 Å². The highest BCUT2D eigenvalue weighted by Gasteiger charge is 2.23. The summed E-state index contributed by atoms with van der Waals surface area (Å²) in [6, 6.07) is 7.11. The first-order valence-electron chi connectivity index (χ1n) is 7.34. The zero-order valence-electron chi connectivity index (χ0n) is 13.2. The molecule has 23 heavy (non-hydrogen) atoms. The van der Waals surface area contributed by atoms with Crippen LogP contribution in [-0.4, -0.2) is 18.5 Å².